The summed E-state index contributed by atoms with van der Waals surface area (Å²) >= 11 is 0. The predicted octanol–water partition coefficient (Wildman–Crippen LogP) is 2.71. The highest BCUT2D eigenvalue weighted by molar-refractivity contribution is 5.35. The lowest BCUT2D eigenvalue weighted by Crippen LogP contribution is -2.37. The van der Waals surface area contributed by atoms with Crippen molar-refractivity contribution in [3.8, 4) is 5.75 Å². The first-order chi connectivity index (χ1) is 9.67. The maximum absolute atomic E-state index is 14.0. The van der Waals surface area contributed by atoms with Crippen LogP contribution < -0.4 is 4.74 Å². The minimum Gasteiger partial charge on any atom is -0.496 e. The highest BCUT2D eigenvalue weighted by Crippen LogP contribution is 2.27. The van der Waals surface area contributed by atoms with E-state index in [-0.39, 0.29) is 24.8 Å². The Bertz CT molecular complexity index is 454. The Morgan fingerprint density at radius 3 is 2.80 bits per heavy atom. The molecule has 1 saturated heterocycles. The maximum atomic E-state index is 14.0. The van der Waals surface area contributed by atoms with Crippen molar-refractivity contribution in [2.24, 2.45) is 0 Å². The van der Waals surface area contributed by atoms with Crippen molar-refractivity contribution in [2.45, 2.75) is 38.3 Å². The summed E-state index contributed by atoms with van der Waals surface area (Å²) in [6.07, 6.45) is 4.06. The van der Waals surface area contributed by atoms with Crippen LogP contribution in [0.5, 0.6) is 5.75 Å². The molecule has 1 aromatic rings. The fourth-order valence-corrected chi connectivity index (χ4v) is 2.77. The zero-order valence-electron chi connectivity index (χ0n) is 11.7. The quantitative estimate of drug-likeness (QED) is 0.923. The van der Waals surface area contributed by atoms with Gasteiger partial charge in [-0.1, -0.05) is 12.8 Å². The van der Waals surface area contributed by atoms with Crippen molar-refractivity contribution in [2.75, 3.05) is 20.3 Å². The van der Waals surface area contributed by atoms with Gasteiger partial charge in [0.15, 0.2) is 11.6 Å². The van der Waals surface area contributed by atoms with Crippen LogP contribution in [0.1, 0.15) is 31.2 Å². The van der Waals surface area contributed by atoms with Gasteiger partial charge in [0, 0.05) is 18.2 Å². The average molecular weight is 285 g/mol. The third-order valence-electron chi connectivity index (χ3n) is 3.94. The topological polar surface area (TPSA) is 32.7 Å². The van der Waals surface area contributed by atoms with E-state index >= 15 is 0 Å². The zero-order chi connectivity index (χ0) is 14.5. The third-order valence-corrected chi connectivity index (χ3v) is 3.94. The predicted molar refractivity (Wildman–Crippen MR) is 72.7 cm³/mol. The molecule has 1 heterocycles. The van der Waals surface area contributed by atoms with E-state index in [1.165, 1.54) is 13.2 Å². The van der Waals surface area contributed by atoms with Crippen LogP contribution in [0, 0.1) is 11.6 Å². The number of hydrogen-bond acceptors (Lipinski definition) is 3. The number of halogens is 2. The van der Waals surface area contributed by atoms with Crippen LogP contribution in [0.3, 0.4) is 0 Å². The van der Waals surface area contributed by atoms with Gasteiger partial charge in [-0.3, -0.25) is 4.90 Å². The van der Waals surface area contributed by atoms with Gasteiger partial charge in [-0.05, 0) is 31.5 Å². The van der Waals surface area contributed by atoms with E-state index in [1.54, 1.807) is 0 Å². The molecule has 112 valence electrons. The molecule has 0 spiro atoms. The Morgan fingerprint density at radius 1 is 1.30 bits per heavy atom. The van der Waals surface area contributed by atoms with E-state index in [1.807, 2.05) is 4.90 Å². The van der Waals surface area contributed by atoms with Crippen molar-refractivity contribution in [3.05, 3.63) is 29.3 Å². The van der Waals surface area contributed by atoms with Gasteiger partial charge < -0.3 is 9.84 Å². The van der Waals surface area contributed by atoms with Crippen molar-refractivity contribution in [1.82, 2.24) is 4.90 Å². The first-order valence-electron chi connectivity index (χ1n) is 7.03. The number of hydrogen-bond donors (Lipinski definition) is 1. The summed E-state index contributed by atoms with van der Waals surface area (Å²) in [4.78, 5) is 2.02. The van der Waals surface area contributed by atoms with Gasteiger partial charge in [0.25, 0.3) is 0 Å². The number of rotatable bonds is 4. The van der Waals surface area contributed by atoms with Crippen LogP contribution in [-0.2, 0) is 6.54 Å². The highest BCUT2D eigenvalue weighted by atomic mass is 19.2. The molecule has 0 aliphatic carbocycles. The Labute approximate surface area is 118 Å². The third kappa shape index (κ3) is 3.27. The molecule has 0 amide bonds. The summed E-state index contributed by atoms with van der Waals surface area (Å²) in [5.41, 5.74) is 0.229. The van der Waals surface area contributed by atoms with E-state index < -0.39 is 11.6 Å². The molecule has 0 aromatic heterocycles. The summed E-state index contributed by atoms with van der Waals surface area (Å²) in [6.45, 7) is 1.08. The average Bonchev–Trinajstić information content (AvgIpc) is 2.69. The zero-order valence-corrected chi connectivity index (χ0v) is 11.7. The van der Waals surface area contributed by atoms with Crippen molar-refractivity contribution in [1.29, 1.82) is 0 Å². The SMILES string of the molecule is COc1ccc(F)c(F)c1CN1CCCCC[C@@H]1CO. The number of likely N-dealkylation sites (tertiary alicyclic amines) is 1. The number of nitrogens with zero attached hydrogens (tertiary/aromatic N) is 1. The summed E-state index contributed by atoms with van der Waals surface area (Å²) in [7, 11) is 1.45. The lowest BCUT2D eigenvalue weighted by Gasteiger charge is -2.29. The molecule has 0 saturated carbocycles. The van der Waals surface area contributed by atoms with E-state index in [2.05, 4.69) is 0 Å². The van der Waals surface area contributed by atoms with Gasteiger partial charge in [0.2, 0.25) is 0 Å². The molecule has 0 radical (unpaired) electrons. The normalized spacial score (nSPS) is 20.7. The fourth-order valence-electron chi connectivity index (χ4n) is 2.77. The highest BCUT2D eigenvalue weighted by Gasteiger charge is 2.24. The second-order valence-corrected chi connectivity index (χ2v) is 5.20. The van der Waals surface area contributed by atoms with Gasteiger partial charge >= 0.3 is 0 Å². The van der Waals surface area contributed by atoms with Crippen LogP contribution in [-0.4, -0.2) is 36.3 Å². The molecule has 3 nitrogen and oxygen atoms in total. The standard InChI is InChI=1S/C15H21F2NO2/c1-20-14-7-6-13(16)15(17)12(14)9-18-8-4-2-3-5-11(18)10-19/h6-7,11,19H,2-5,8-10H2,1H3/t11-/m1/s1. The Balaban J connectivity index is 2.25. The molecule has 1 atom stereocenters. The molecule has 20 heavy (non-hydrogen) atoms. The molecule has 0 bridgehead atoms. The molecular formula is C15H21F2NO2. The van der Waals surface area contributed by atoms with Gasteiger partial charge in [-0.15, -0.1) is 0 Å². The number of benzene rings is 1. The van der Waals surface area contributed by atoms with Gasteiger partial charge in [0.05, 0.1) is 13.7 Å². The number of aliphatic hydroxyl groups is 1. The van der Waals surface area contributed by atoms with Crippen LogP contribution in [0.4, 0.5) is 8.78 Å². The number of ether oxygens (including phenoxy) is 1. The number of aliphatic hydroxyl groups excluding tert-OH is 1. The minimum atomic E-state index is -0.865. The number of methoxy groups -OCH3 is 1. The van der Waals surface area contributed by atoms with E-state index in [0.717, 1.165) is 38.3 Å². The van der Waals surface area contributed by atoms with Crippen LogP contribution >= 0.6 is 0 Å². The Morgan fingerprint density at radius 2 is 2.10 bits per heavy atom. The molecule has 0 unspecified atom stereocenters. The smallest absolute Gasteiger partial charge is 0.167 e. The summed E-state index contributed by atoms with van der Waals surface area (Å²) < 4.78 is 32.5. The van der Waals surface area contributed by atoms with E-state index in [9.17, 15) is 13.9 Å². The molecule has 1 aliphatic rings. The van der Waals surface area contributed by atoms with Gasteiger partial charge in [-0.2, -0.15) is 0 Å². The second-order valence-electron chi connectivity index (χ2n) is 5.20. The maximum Gasteiger partial charge on any atom is 0.167 e. The Kier molecular flexibility index (Phi) is 5.31. The molecule has 1 aromatic carbocycles. The second kappa shape index (κ2) is 6.99. The monoisotopic (exact) mass is 285 g/mol. The molecular weight excluding hydrogens is 264 g/mol. The van der Waals surface area contributed by atoms with Crippen molar-refractivity contribution >= 4 is 0 Å². The van der Waals surface area contributed by atoms with Gasteiger partial charge in [-0.25, -0.2) is 8.78 Å². The van der Waals surface area contributed by atoms with Crippen molar-refractivity contribution in [3.63, 3.8) is 0 Å². The van der Waals surface area contributed by atoms with E-state index in [4.69, 9.17) is 4.74 Å². The fraction of sp³-hybridized carbons (Fsp3) is 0.600. The first-order valence-corrected chi connectivity index (χ1v) is 7.03. The van der Waals surface area contributed by atoms with E-state index in [0.29, 0.717) is 5.75 Å². The molecule has 5 heteroatoms. The first kappa shape index (κ1) is 15.2. The molecule has 2 rings (SSSR count). The summed E-state index contributed by atoms with van der Waals surface area (Å²) in [5, 5.41) is 9.47. The lowest BCUT2D eigenvalue weighted by molar-refractivity contribution is 0.116. The minimum absolute atomic E-state index is 0.00451. The van der Waals surface area contributed by atoms with Gasteiger partial charge in [0.1, 0.15) is 5.75 Å². The molecule has 1 N–H and O–H groups in total. The summed E-state index contributed by atoms with van der Waals surface area (Å²) in [5.74, 6) is -1.37. The van der Waals surface area contributed by atoms with Crippen LogP contribution in [0.25, 0.3) is 0 Å². The summed E-state index contributed by atoms with van der Waals surface area (Å²) in [6, 6.07) is 2.52. The molecule has 1 fully saturated rings. The molecule has 1 aliphatic heterocycles. The van der Waals surface area contributed by atoms with Crippen molar-refractivity contribution < 1.29 is 18.6 Å². The Hall–Kier alpha value is -1.20. The largest absolute Gasteiger partial charge is 0.496 e. The van der Waals surface area contributed by atoms with Crippen LogP contribution in [0.2, 0.25) is 0 Å². The lowest BCUT2D eigenvalue weighted by atomic mass is 10.1. The van der Waals surface area contributed by atoms with Crippen LogP contribution in [0.15, 0.2) is 12.1 Å².